The highest BCUT2D eigenvalue weighted by atomic mass is 35.5. The van der Waals surface area contributed by atoms with E-state index in [1.54, 1.807) is 28.5 Å². The third-order valence-electron chi connectivity index (χ3n) is 4.83. The molecule has 26 heavy (non-hydrogen) atoms. The Morgan fingerprint density at radius 3 is 2.88 bits per heavy atom. The van der Waals surface area contributed by atoms with Crippen LogP contribution >= 0.6 is 23.4 Å². The van der Waals surface area contributed by atoms with E-state index in [4.69, 9.17) is 22.1 Å². The normalized spacial score (nSPS) is 26.6. The number of nitrogens with zero attached hydrogens (tertiary/aromatic N) is 5. The van der Waals surface area contributed by atoms with Crippen molar-refractivity contribution in [1.82, 2.24) is 25.1 Å². The number of nitrogens with two attached hydrogens (primary N) is 1. The van der Waals surface area contributed by atoms with Crippen LogP contribution in [0.4, 0.5) is 0 Å². The highest BCUT2D eigenvalue weighted by Crippen LogP contribution is 2.56. The number of carbonyl (C=O) groups excluding carboxylic acids is 1. The number of amides is 1. The van der Waals surface area contributed by atoms with E-state index >= 15 is 0 Å². The van der Waals surface area contributed by atoms with Crippen LogP contribution in [0.25, 0.3) is 0 Å². The molecule has 2 fully saturated rings. The summed E-state index contributed by atoms with van der Waals surface area (Å²) in [7, 11) is 1.57. The Balaban J connectivity index is 1.65. The fourth-order valence-corrected chi connectivity index (χ4v) is 5.41. The molecule has 1 aromatic carbocycles. The van der Waals surface area contributed by atoms with Crippen LogP contribution in [-0.2, 0) is 11.3 Å². The zero-order chi connectivity index (χ0) is 18.6. The van der Waals surface area contributed by atoms with E-state index in [1.165, 1.54) is 0 Å². The minimum absolute atomic E-state index is 0.0249. The van der Waals surface area contributed by atoms with Gasteiger partial charge in [0.1, 0.15) is 23.2 Å². The van der Waals surface area contributed by atoms with Gasteiger partial charge in [-0.25, -0.2) is 4.68 Å². The lowest BCUT2D eigenvalue weighted by molar-refractivity contribution is -0.147. The molecule has 2 N–H and O–H groups in total. The minimum Gasteiger partial charge on any atom is -0.495 e. The molecular weight excluding hydrogens is 376 g/mol. The standard InChI is InChI=1S/C16H19ClN6O2S/c1-16(2)12(23-14(24)11(18)15(23)26-16)13-19-20-21-22(13)7-8-4-5-10(25-3)9(17)6-8/h4-6,11-12,15H,7,18H2,1-3H3/t11?,12?,15-/m0/s1. The average Bonchev–Trinajstić information content (AvgIpc) is 3.14. The summed E-state index contributed by atoms with van der Waals surface area (Å²) in [6.07, 6.45) is 0. The summed E-state index contributed by atoms with van der Waals surface area (Å²) >= 11 is 7.90. The van der Waals surface area contributed by atoms with Gasteiger partial charge in [0.2, 0.25) is 5.91 Å². The van der Waals surface area contributed by atoms with Crippen LogP contribution in [0.5, 0.6) is 5.75 Å². The van der Waals surface area contributed by atoms with Gasteiger partial charge in [-0.3, -0.25) is 4.79 Å². The Hall–Kier alpha value is -1.84. The second-order valence-corrected chi connectivity index (χ2v) is 9.13. The van der Waals surface area contributed by atoms with E-state index in [0.29, 0.717) is 23.1 Å². The maximum absolute atomic E-state index is 12.3. The first kappa shape index (κ1) is 17.6. The summed E-state index contributed by atoms with van der Waals surface area (Å²) in [5.41, 5.74) is 6.89. The molecule has 3 atom stereocenters. The largest absolute Gasteiger partial charge is 0.495 e. The number of hydrogen-bond acceptors (Lipinski definition) is 7. The van der Waals surface area contributed by atoms with Gasteiger partial charge in [0.25, 0.3) is 0 Å². The van der Waals surface area contributed by atoms with Crippen LogP contribution in [0, 0.1) is 0 Å². The number of thioether (sulfide) groups is 1. The molecule has 2 aliphatic rings. The quantitative estimate of drug-likeness (QED) is 0.783. The van der Waals surface area contributed by atoms with Gasteiger partial charge in [-0.1, -0.05) is 17.7 Å². The molecule has 0 bridgehead atoms. The summed E-state index contributed by atoms with van der Waals surface area (Å²) in [6.45, 7) is 4.62. The topological polar surface area (TPSA) is 99.2 Å². The highest BCUT2D eigenvalue weighted by Gasteiger charge is 2.62. The lowest BCUT2D eigenvalue weighted by Gasteiger charge is -2.42. The van der Waals surface area contributed by atoms with Gasteiger partial charge in [-0.2, -0.15) is 0 Å². The van der Waals surface area contributed by atoms with Crippen molar-refractivity contribution in [3.05, 3.63) is 34.6 Å². The molecular formula is C16H19ClN6O2S. The second kappa shape index (κ2) is 6.11. The number of β-lactam (4-membered cyclic amide) rings is 1. The van der Waals surface area contributed by atoms with Crippen molar-refractivity contribution in [3.8, 4) is 5.75 Å². The maximum atomic E-state index is 12.3. The highest BCUT2D eigenvalue weighted by molar-refractivity contribution is 8.01. The lowest BCUT2D eigenvalue weighted by atomic mass is 9.95. The van der Waals surface area contributed by atoms with E-state index in [0.717, 1.165) is 5.56 Å². The van der Waals surface area contributed by atoms with Crippen molar-refractivity contribution < 1.29 is 9.53 Å². The van der Waals surface area contributed by atoms with Crippen LogP contribution < -0.4 is 10.5 Å². The van der Waals surface area contributed by atoms with Gasteiger partial charge in [-0.05, 0) is 42.0 Å². The Morgan fingerprint density at radius 1 is 1.42 bits per heavy atom. The van der Waals surface area contributed by atoms with E-state index in [-0.39, 0.29) is 22.1 Å². The Bertz CT molecular complexity index is 872. The molecule has 0 aliphatic carbocycles. The van der Waals surface area contributed by atoms with Crippen molar-refractivity contribution in [1.29, 1.82) is 0 Å². The zero-order valence-electron chi connectivity index (χ0n) is 14.6. The number of carbonyl (C=O) groups is 1. The third-order valence-corrected chi connectivity index (χ3v) is 6.72. The molecule has 0 saturated carbocycles. The molecule has 10 heteroatoms. The monoisotopic (exact) mass is 394 g/mol. The second-order valence-electron chi connectivity index (χ2n) is 6.95. The average molecular weight is 395 g/mol. The van der Waals surface area contributed by atoms with Crippen molar-refractivity contribution in [2.45, 2.75) is 42.6 Å². The first-order valence-electron chi connectivity index (χ1n) is 8.17. The smallest absolute Gasteiger partial charge is 0.244 e. The van der Waals surface area contributed by atoms with E-state index in [2.05, 4.69) is 29.4 Å². The van der Waals surface area contributed by atoms with Crippen LogP contribution in [-0.4, -0.2) is 54.3 Å². The molecule has 0 spiro atoms. The molecule has 138 valence electrons. The number of hydrogen-bond donors (Lipinski definition) is 1. The maximum Gasteiger partial charge on any atom is 0.244 e. The molecule has 1 amide bonds. The number of benzene rings is 1. The van der Waals surface area contributed by atoms with E-state index in [1.807, 2.05) is 18.2 Å². The zero-order valence-corrected chi connectivity index (χ0v) is 16.2. The first-order valence-corrected chi connectivity index (χ1v) is 9.43. The molecule has 0 radical (unpaired) electrons. The van der Waals surface area contributed by atoms with Crippen LogP contribution in [0.15, 0.2) is 18.2 Å². The lowest BCUT2D eigenvalue weighted by Crippen LogP contribution is -2.65. The minimum atomic E-state index is -0.450. The van der Waals surface area contributed by atoms with Gasteiger partial charge in [0, 0.05) is 4.75 Å². The number of ether oxygens (including phenoxy) is 1. The fourth-order valence-electron chi connectivity index (χ4n) is 3.56. The van der Waals surface area contributed by atoms with Crippen LogP contribution in [0.2, 0.25) is 5.02 Å². The molecule has 2 aliphatic heterocycles. The molecule has 3 heterocycles. The summed E-state index contributed by atoms with van der Waals surface area (Å²) in [6, 6.07) is 4.87. The molecule has 4 rings (SSSR count). The number of rotatable bonds is 4. The molecule has 2 aromatic rings. The summed E-state index contributed by atoms with van der Waals surface area (Å²) < 4.78 is 6.66. The Morgan fingerprint density at radius 2 is 2.19 bits per heavy atom. The van der Waals surface area contributed by atoms with Gasteiger partial charge < -0.3 is 15.4 Å². The van der Waals surface area contributed by atoms with Crippen molar-refractivity contribution in [2.24, 2.45) is 5.73 Å². The summed E-state index contributed by atoms with van der Waals surface area (Å²) in [5, 5.41) is 12.7. The van der Waals surface area contributed by atoms with Gasteiger partial charge in [-0.15, -0.1) is 16.9 Å². The van der Waals surface area contributed by atoms with Crippen LogP contribution in [0.3, 0.4) is 0 Å². The predicted molar refractivity (Wildman–Crippen MR) is 97.9 cm³/mol. The number of halogens is 1. The SMILES string of the molecule is COc1ccc(Cn2nnnc2C2N3C(=O)C(N)[C@@H]3SC2(C)C)cc1Cl. The molecule has 8 nitrogen and oxygen atoms in total. The number of aromatic nitrogens is 4. The molecule has 2 saturated heterocycles. The fraction of sp³-hybridized carbons (Fsp3) is 0.500. The molecule has 2 unspecified atom stereocenters. The summed E-state index contributed by atoms with van der Waals surface area (Å²) in [5.74, 6) is 1.21. The third kappa shape index (κ3) is 2.57. The predicted octanol–water partition coefficient (Wildman–Crippen LogP) is 1.45. The Labute approximate surface area is 160 Å². The summed E-state index contributed by atoms with van der Waals surface area (Å²) in [4.78, 5) is 14.1. The van der Waals surface area contributed by atoms with Crippen molar-refractivity contribution in [3.63, 3.8) is 0 Å². The van der Waals surface area contributed by atoms with Crippen LogP contribution in [0.1, 0.15) is 31.3 Å². The first-order chi connectivity index (χ1) is 12.3. The number of methoxy groups -OCH3 is 1. The number of tetrazole rings is 1. The van der Waals surface area contributed by atoms with Crippen molar-refractivity contribution in [2.75, 3.05) is 7.11 Å². The number of fused-ring (bicyclic) bond motifs is 1. The van der Waals surface area contributed by atoms with Gasteiger partial charge in [0.15, 0.2) is 5.82 Å². The van der Waals surface area contributed by atoms with Crippen molar-refractivity contribution >= 4 is 29.3 Å². The van der Waals surface area contributed by atoms with E-state index < -0.39 is 6.04 Å². The molecule has 1 aromatic heterocycles. The van der Waals surface area contributed by atoms with Gasteiger partial charge in [0.05, 0.1) is 18.7 Å². The van der Waals surface area contributed by atoms with E-state index in [9.17, 15) is 4.79 Å². The Kier molecular flexibility index (Phi) is 4.13. The van der Waals surface area contributed by atoms with Gasteiger partial charge >= 0.3 is 0 Å².